The number of anilines is 1. The Bertz CT molecular complexity index is 322. The van der Waals surface area contributed by atoms with E-state index >= 15 is 0 Å². The highest BCUT2D eigenvalue weighted by Crippen LogP contribution is 2.30. The first-order valence-corrected chi connectivity index (χ1v) is 3.66. The number of phenolic OH excluding ortho intramolecular Hbond substituents is 1. The van der Waals surface area contributed by atoms with E-state index in [0.29, 0.717) is 0 Å². The van der Waals surface area contributed by atoms with Crippen LogP contribution in [0.5, 0.6) is 5.75 Å². The number of benzene rings is 1. The highest BCUT2D eigenvalue weighted by Gasteiger charge is 2.14. The normalized spacial score (nSPS) is 11.9. The van der Waals surface area contributed by atoms with Gasteiger partial charge in [-0.1, -0.05) is 6.07 Å². The third-order valence-electron chi connectivity index (χ3n) is 1.76. The predicted octanol–water partition coefficient (Wildman–Crippen LogP) is 1.50. The van der Waals surface area contributed by atoms with Gasteiger partial charge in [0.15, 0.2) is 0 Å². The molecule has 80 valence electrons. The van der Waals surface area contributed by atoms with Crippen LogP contribution in [0.1, 0.15) is 11.6 Å². The number of aromatic hydroxyl groups is 1. The zero-order valence-corrected chi connectivity index (χ0v) is 8.02. The van der Waals surface area contributed by atoms with Gasteiger partial charge in [0.05, 0.1) is 6.04 Å². The molecular weight excluding hydrogens is 214 g/mol. The number of nitrogens with two attached hydrogens (primary N) is 2. The van der Waals surface area contributed by atoms with Crippen molar-refractivity contribution in [1.29, 1.82) is 0 Å². The molecule has 1 aromatic carbocycles. The summed E-state index contributed by atoms with van der Waals surface area (Å²) >= 11 is 0. The van der Waals surface area contributed by atoms with Crippen molar-refractivity contribution in [3.05, 3.63) is 23.5 Å². The van der Waals surface area contributed by atoms with Crippen LogP contribution in [0.15, 0.2) is 12.1 Å². The Hall–Kier alpha value is -1.07. The fourth-order valence-corrected chi connectivity index (χ4v) is 0.983. The molecule has 0 heterocycles. The van der Waals surface area contributed by atoms with Gasteiger partial charge < -0.3 is 16.6 Å². The lowest BCUT2D eigenvalue weighted by atomic mass is 10.1. The van der Waals surface area contributed by atoms with Crippen molar-refractivity contribution in [2.45, 2.75) is 6.04 Å². The van der Waals surface area contributed by atoms with Crippen LogP contribution in [0.4, 0.5) is 14.5 Å². The minimum atomic E-state index is -0.970. The quantitative estimate of drug-likeness (QED) is 0.527. The number of hydrogen-bond acceptors (Lipinski definition) is 3. The monoisotopic (exact) mass is 224 g/mol. The van der Waals surface area contributed by atoms with Gasteiger partial charge in [-0.15, -0.1) is 12.4 Å². The Kier molecular flexibility index (Phi) is 4.59. The maximum Gasteiger partial charge on any atom is 0.149 e. The van der Waals surface area contributed by atoms with Crippen LogP contribution in [-0.4, -0.2) is 11.8 Å². The van der Waals surface area contributed by atoms with Crippen LogP contribution >= 0.6 is 12.4 Å². The molecule has 0 radical (unpaired) electrons. The molecule has 14 heavy (non-hydrogen) atoms. The molecule has 0 unspecified atom stereocenters. The SMILES string of the molecule is Cl.Nc1c(F)ccc([C@@H](N)CF)c1O. The Balaban J connectivity index is 0.00000169. The van der Waals surface area contributed by atoms with Crippen molar-refractivity contribution < 1.29 is 13.9 Å². The second kappa shape index (κ2) is 4.97. The van der Waals surface area contributed by atoms with E-state index in [1.807, 2.05) is 0 Å². The number of alkyl halides is 1. The number of hydrogen-bond donors (Lipinski definition) is 3. The molecule has 0 fully saturated rings. The Labute approximate surface area is 86.1 Å². The number of halogens is 3. The van der Waals surface area contributed by atoms with E-state index in [-0.39, 0.29) is 18.0 Å². The maximum atomic E-state index is 12.7. The van der Waals surface area contributed by atoms with Gasteiger partial charge in [-0.25, -0.2) is 8.78 Å². The van der Waals surface area contributed by atoms with Crippen LogP contribution in [0, 0.1) is 5.82 Å². The molecule has 3 nitrogen and oxygen atoms in total. The van der Waals surface area contributed by atoms with E-state index in [4.69, 9.17) is 11.5 Å². The molecular formula is C8H11ClF2N2O. The summed E-state index contributed by atoms with van der Waals surface area (Å²) in [5.41, 5.74) is 10.2. The number of nitrogen functional groups attached to an aromatic ring is 1. The molecule has 5 N–H and O–H groups in total. The third-order valence-corrected chi connectivity index (χ3v) is 1.76. The van der Waals surface area contributed by atoms with Gasteiger partial charge in [0.2, 0.25) is 0 Å². The fraction of sp³-hybridized carbons (Fsp3) is 0.250. The van der Waals surface area contributed by atoms with Crippen molar-refractivity contribution in [2.24, 2.45) is 5.73 Å². The molecule has 1 atom stereocenters. The van der Waals surface area contributed by atoms with Crippen molar-refractivity contribution in [3.63, 3.8) is 0 Å². The maximum absolute atomic E-state index is 12.7. The fourth-order valence-electron chi connectivity index (χ4n) is 0.983. The van der Waals surface area contributed by atoms with Gasteiger partial charge in [0.1, 0.15) is 23.9 Å². The highest BCUT2D eigenvalue weighted by atomic mass is 35.5. The number of phenols is 1. The van der Waals surface area contributed by atoms with Crippen LogP contribution < -0.4 is 11.5 Å². The number of rotatable bonds is 2. The molecule has 0 spiro atoms. The summed E-state index contributed by atoms with van der Waals surface area (Å²) in [6, 6.07) is 1.29. The zero-order valence-electron chi connectivity index (χ0n) is 7.21. The standard InChI is InChI=1S/C8H10F2N2O.ClH/c9-3-6(11)4-1-2-5(10)7(12)8(4)13;/h1-2,6,13H,3,11-12H2;1H/t6-;/m0./s1. The van der Waals surface area contributed by atoms with Crippen molar-refractivity contribution in [2.75, 3.05) is 12.4 Å². The zero-order chi connectivity index (χ0) is 10.0. The summed E-state index contributed by atoms with van der Waals surface area (Å²) < 4.78 is 24.8. The second-order valence-electron chi connectivity index (χ2n) is 2.66. The van der Waals surface area contributed by atoms with Gasteiger partial charge in [0.25, 0.3) is 0 Å². The minimum absolute atomic E-state index is 0. The predicted molar refractivity (Wildman–Crippen MR) is 52.6 cm³/mol. The van der Waals surface area contributed by atoms with Crippen LogP contribution in [0.25, 0.3) is 0 Å². The van der Waals surface area contributed by atoms with Crippen LogP contribution in [0.3, 0.4) is 0 Å². The van der Waals surface area contributed by atoms with Gasteiger partial charge in [-0.2, -0.15) is 0 Å². The van der Waals surface area contributed by atoms with E-state index < -0.39 is 30.0 Å². The van der Waals surface area contributed by atoms with E-state index in [0.717, 1.165) is 6.07 Å². The van der Waals surface area contributed by atoms with Gasteiger partial charge in [0, 0.05) is 5.56 Å². The Morgan fingerprint density at radius 2 is 2.00 bits per heavy atom. The molecule has 0 bridgehead atoms. The Morgan fingerprint density at radius 3 is 2.50 bits per heavy atom. The summed E-state index contributed by atoms with van der Waals surface area (Å²) in [7, 11) is 0. The lowest BCUT2D eigenvalue weighted by Crippen LogP contribution is -2.13. The van der Waals surface area contributed by atoms with Crippen LogP contribution in [0.2, 0.25) is 0 Å². The molecule has 0 aromatic heterocycles. The summed E-state index contributed by atoms with van der Waals surface area (Å²) in [5, 5.41) is 9.27. The molecule has 1 rings (SSSR count). The third kappa shape index (κ3) is 2.24. The highest BCUT2D eigenvalue weighted by molar-refractivity contribution is 5.85. The van der Waals surface area contributed by atoms with Crippen molar-refractivity contribution >= 4 is 18.1 Å². The molecule has 0 saturated carbocycles. The topological polar surface area (TPSA) is 72.3 Å². The van der Waals surface area contributed by atoms with Gasteiger partial charge in [-0.05, 0) is 6.07 Å². The molecule has 0 amide bonds. The molecule has 0 saturated heterocycles. The average molecular weight is 225 g/mol. The summed E-state index contributed by atoms with van der Waals surface area (Å²) in [6.45, 7) is -0.835. The van der Waals surface area contributed by atoms with E-state index in [9.17, 15) is 13.9 Å². The molecule has 0 aliphatic heterocycles. The first-order valence-electron chi connectivity index (χ1n) is 3.66. The summed E-state index contributed by atoms with van der Waals surface area (Å²) in [6.07, 6.45) is 0. The van der Waals surface area contributed by atoms with E-state index in [1.54, 1.807) is 0 Å². The van der Waals surface area contributed by atoms with E-state index in [1.165, 1.54) is 6.07 Å². The van der Waals surface area contributed by atoms with E-state index in [2.05, 4.69) is 0 Å². The van der Waals surface area contributed by atoms with Crippen LogP contribution in [-0.2, 0) is 0 Å². The molecule has 6 heteroatoms. The van der Waals surface area contributed by atoms with Crippen molar-refractivity contribution in [1.82, 2.24) is 0 Å². The first-order chi connectivity index (χ1) is 6.07. The minimum Gasteiger partial charge on any atom is -0.505 e. The van der Waals surface area contributed by atoms with Crippen molar-refractivity contribution in [3.8, 4) is 5.75 Å². The summed E-state index contributed by atoms with van der Waals surface area (Å²) in [4.78, 5) is 0. The van der Waals surface area contributed by atoms with Gasteiger partial charge >= 0.3 is 0 Å². The largest absolute Gasteiger partial charge is 0.505 e. The average Bonchev–Trinajstić information content (AvgIpc) is 2.13. The Morgan fingerprint density at radius 1 is 1.43 bits per heavy atom. The first kappa shape index (κ1) is 12.9. The lowest BCUT2D eigenvalue weighted by molar-refractivity contribution is 0.413. The second-order valence-corrected chi connectivity index (χ2v) is 2.66. The smallest absolute Gasteiger partial charge is 0.149 e. The summed E-state index contributed by atoms with van der Waals surface area (Å²) in [5.74, 6) is -1.22. The molecule has 1 aromatic rings. The molecule has 0 aliphatic rings. The lowest BCUT2D eigenvalue weighted by Gasteiger charge is -2.11. The molecule has 0 aliphatic carbocycles. The van der Waals surface area contributed by atoms with Gasteiger partial charge in [-0.3, -0.25) is 0 Å².